The zero-order valence-corrected chi connectivity index (χ0v) is 13.2. The largest absolute Gasteiger partial charge is 0.387 e. The number of rotatable bonds is 3. The zero-order valence-electron chi connectivity index (χ0n) is 12.5. The van der Waals surface area contributed by atoms with Crippen LogP contribution in [0.4, 0.5) is 0 Å². The van der Waals surface area contributed by atoms with Crippen LogP contribution >= 0.6 is 11.6 Å². The Kier molecular flexibility index (Phi) is 5.17. The SMILES string of the molecule is OC(c1ccc(Cl)cc1)C1CCCCN1C1CCNCC1. The first-order valence-corrected chi connectivity index (χ1v) is 8.53. The van der Waals surface area contributed by atoms with E-state index in [1.54, 1.807) is 0 Å². The van der Waals surface area contributed by atoms with Gasteiger partial charge in [0.15, 0.2) is 0 Å². The molecule has 0 aliphatic carbocycles. The van der Waals surface area contributed by atoms with Crippen molar-refractivity contribution in [2.45, 2.75) is 50.3 Å². The summed E-state index contributed by atoms with van der Waals surface area (Å²) >= 11 is 5.95. The van der Waals surface area contributed by atoms with Crippen LogP contribution in [0.3, 0.4) is 0 Å². The van der Waals surface area contributed by atoms with Gasteiger partial charge in [0.25, 0.3) is 0 Å². The van der Waals surface area contributed by atoms with Crippen LogP contribution in [0.15, 0.2) is 24.3 Å². The van der Waals surface area contributed by atoms with Crippen molar-refractivity contribution in [3.05, 3.63) is 34.9 Å². The van der Waals surface area contributed by atoms with Gasteiger partial charge < -0.3 is 10.4 Å². The number of likely N-dealkylation sites (tertiary alicyclic amines) is 1. The van der Waals surface area contributed by atoms with E-state index in [-0.39, 0.29) is 6.04 Å². The molecule has 0 saturated carbocycles. The van der Waals surface area contributed by atoms with Crippen LogP contribution in [0.1, 0.15) is 43.8 Å². The third-order valence-electron chi connectivity index (χ3n) is 4.95. The predicted octanol–water partition coefficient (Wildman–Crippen LogP) is 2.98. The lowest BCUT2D eigenvalue weighted by atomic mass is 9.89. The molecule has 2 aliphatic rings. The Bertz CT molecular complexity index is 445. The maximum Gasteiger partial charge on any atom is 0.0945 e. The van der Waals surface area contributed by atoms with Crippen molar-refractivity contribution >= 4 is 11.6 Å². The lowest BCUT2D eigenvalue weighted by Gasteiger charge is -2.44. The van der Waals surface area contributed by atoms with Crippen LogP contribution in [0.5, 0.6) is 0 Å². The summed E-state index contributed by atoms with van der Waals surface area (Å²) in [7, 11) is 0. The summed E-state index contributed by atoms with van der Waals surface area (Å²) < 4.78 is 0. The van der Waals surface area contributed by atoms with Gasteiger partial charge in [-0.15, -0.1) is 0 Å². The quantitative estimate of drug-likeness (QED) is 0.901. The topological polar surface area (TPSA) is 35.5 Å². The summed E-state index contributed by atoms with van der Waals surface area (Å²) in [5.41, 5.74) is 0.991. The Morgan fingerprint density at radius 1 is 1.10 bits per heavy atom. The molecule has 4 heteroatoms. The average molecular weight is 309 g/mol. The summed E-state index contributed by atoms with van der Waals surface area (Å²) in [5, 5.41) is 15.0. The predicted molar refractivity (Wildman–Crippen MR) is 86.6 cm³/mol. The third-order valence-corrected chi connectivity index (χ3v) is 5.20. The minimum absolute atomic E-state index is 0.253. The minimum Gasteiger partial charge on any atom is -0.387 e. The van der Waals surface area contributed by atoms with Gasteiger partial charge in [-0.25, -0.2) is 0 Å². The van der Waals surface area contributed by atoms with Crippen LogP contribution in [-0.4, -0.2) is 41.7 Å². The number of nitrogens with one attached hydrogen (secondary N) is 1. The molecule has 2 saturated heterocycles. The lowest BCUT2D eigenvalue weighted by Crippen LogP contribution is -2.52. The van der Waals surface area contributed by atoms with Crippen LogP contribution in [0.25, 0.3) is 0 Å². The molecule has 3 nitrogen and oxygen atoms in total. The normalized spacial score (nSPS) is 26.7. The molecule has 0 bridgehead atoms. The summed E-state index contributed by atoms with van der Waals surface area (Å²) in [6, 6.07) is 8.54. The van der Waals surface area contributed by atoms with Crippen molar-refractivity contribution in [1.82, 2.24) is 10.2 Å². The van der Waals surface area contributed by atoms with Crippen LogP contribution in [-0.2, 0) is 0 Å². The number of piperidine rings is 2. The van der Waals surface area contributed by atoms with Crippen molar-refractivity contribution in [1.29, 1.82) is 0 Å². The minimum atomic E-state index is -0.405. The standard InChI is InChI=1S/C17H25ClN2O/c18-14-6-4-13(5-7-14)17(21)16-3-1-2-12-20(16)15-8-10-19-11-9-15/h4-7,15-17,19,21H,1-3,8-12H2. The van der Waals surface area contributed by atoms with Gasteiger partial charge in [0.05, 0.1) is 6.10 Å². The van der Waals surface area contributed by atoms with E-state index in [1.807, 2.05) is 24.3 Å². The monoisotopic (exact) mass is 308 g/mol. The molecule has 0 spiro atoms. The van der Waals surface area contributed by atoms with Gasteiger partial charge in [0.1, 0.15) is 0 Å². The molecule has 2 aliphatic heterocycles. The molecule has 2 heterocycles. The van der Waals surface area contributed by atoms with Gasteiger partial charge in [-0.2, -0.15) is 0 Å². The van der Waals surface area contributed by atoms with Crippen molar-refractivity contribution in [3.8, 4) is 0 Å². The Morgan fingerprint density at radius 2 is 1.81 bits per heavy atom. The molecule has 3 rings (SSSR count). The highest BCUT2D eigenvalue weighted by molar-refractivity contribution is 6.30. The van der Waals surface area contributed by atoms with E-state index in [1.165, 1.54) is 25.7 Å². The van der Waals surface area contributed by atoms with Crippen LogP contribution < -0.4 is 5.32 Å². The maximum atomic E-state index is 10.8. The second kappa shape index (κ2) is 7.10. The van der Waals surface area contributed by atoms with Gasteiger partial charge in [-0.05, 0) is 63.0 Å². The first-order valence-electron chi connectivity index (χ1n) is 8.16. The first-order chi connectivity index (χ1) is 10.3. The molecule has 0 aromatic heterocycles. The molecule has 1 aromatic carbocycles. The highest BCUT2D eigenvalue weighted by Crippen LogP contribution is 2.32. The maximum absolute atomic E-state index is 10.8. The van der Waals surface area contributed by atoms with Gasteiger partial charge in [0.2, 0.25) is 0 Å². The number of hydrogen-bond acceptors (Lipinski definition) is 3. The molecular formula is C17H25ClN2O. The number of aliphatic hydroxyl groups is 1. The van der Waals surface area contributed by atoms with Crippen LogP contribution in [0, 0.1) is 0 Å². The van der Waals surface area contributed by atoms with Gasteiger partial charge in [0, 0.05) is 17.1 Å². The highest BCUT2D eigenvalue weighted by atomic mass is 35.5. The zero-order chi connectivity index (χ0) is 14.7. The molecule has 1 aromatic rings. The van der Waals surface area contributed by atoms with E-state index in [2.05, 4.69) is 10.2 Å². The van der Waals surface area contributed by atoms with E-state index >= 15 is 0 Å². The fraction of sp³-hybridized carbons (Fsp3) is 0.647. The number of aliphatic hydroxyl groups excluding tert-OH is 1. The molecule has 2 atom stereocenters. The average Bonchev–Trinajstić information content (AvgIpc) is 2.56. The lowest BCUT2D eigenvalue weighted by molar-refractivity contribution is -0.00777. The van der Waals surface area contributed by atoms with Gasteiger partial charge >= 0.3 is 0 Å². The van der Waals surface area contributed by atoms with Crippen LogP contribution in [0.2, 0.25) is 5.02 Å². The van der Waals surface area contributed by atoms with Crippen molar-refractivity contribution in [3.63, 3.8) is 0 Å². The number of halogens is 1. The Hall–Kier alpha value is -0.610. The third kappa shape index (κ3) is 3.59. The second-order valence-electron chi connectivity index (χ2n) is 6.28. The van der Waals surface area contributed by atoms with E-state index < -0.39 is 6.10 Å². The fourth-order valence-corrected chi connectivity index (χ4v) is 3.92. The van der Waals surface area contributed by atoms with Crippen molar-refractivity contribution in [2.75, 3.05) is 19.6 Å². The van der Waals surface area contributed by atoms with Gasteiger partial charge in [-0.3, -0.25) is 4.90 Å². The summed E-state index contributed by atoms with van der Waals surface area (Å²) in [5.74, 6) is 0. The Balaban J connectivity index is 1.74. The summed E-state index contributed by atoms with van der Waals surface area (Å²) in [4.78, 5) is 2.57. The molecule has 0 radical (unpaired) electrons. The second-order valence-corrected chi connectivity index (χ2v) is 6.71. The number of nitrogens with zero attached hydrogens (tertiary/aromatic N) is 1. The van der Waals surface area contributed by atoms with Crippen molar-refractivity contribution in [2.24, 2.45) is 0 Å². The molecule has 0 amide bonds. The molecule has 2 N–H and O–H groups in total. The van der Waals surface area contributed by atoms with Gasteiger partial charge in [-0.1, -0.05) is 30.2 Å². The molecule has 21 heavy (non-hydrogen) atoms. The first kappa shape index (κ1) is 15.3. The number of hydrogen-bond donors (Lipinski definition) is 2. The van der Waals surface area contributed by atoms with E-state index in [9.17, 15) is 5.11 Å². The summed E-state index contributed by atoms with van der Waals surface area (Å²) in [6.07, 6.45) is 5.56. The van der Waals surface area contributed by atoms with E-state index in [0.29, 0.717) is 6.04 Å². The Labute approximate surface area is 132 Å². The molecular weight excluding hydrogens is 284 g/mol. The molecule has 2 unspecified atom stereocenters. The van der Waals surface area contributed by atoms with E-state index in [4.69, 9.17) is 11.6 Å². The van der Waals surface area contributed by atoms with E-state index in [0.717, 1.165) is 36.6 Å². The smallest absolute Gasteiger partial charge is 0.0945 e. The van der Waals surface area contributed by atoms with Crippen molar-refractivity contribution < 1.29 is 5.11 Å². The Morgan fingerprint density at radius 3 is 2.52 bits per heavy atom. The number of benzene rings is 1. The molecule has 2 fully saturated rings. The fourth-order valence-electron chi connectivity index (χ4n) is 3.79. The molecule has 116 valence electrons. The highest BCUT2D eigenvalue weighted by Gasteiger charge is 2.34. The summed E-state index contributed by atoms with van der Waals surface area (Å²) in [6.45, 7) is 3.33.